The SMILES string of the molecule is O=C(O)C1CC(O)CN1C(=O)c1cc(=O)[nH]c(=O)[nH]1. The molecule has 0 aliphatic carbocycles. The average Bonchev–Trinajstić information content (AvgIpc) is 2.69. The number of hydrogen-bond acceptors (Lipinski definition) is 5. The number of hydrogen-bond donors (Lipinski definition) is 4. The van der Waals surface area contributed by atoms with Crippen LogP contribution in [-0.2, 0) is 4.79 Å². The highest BCUT2D eigenvalue weighted by Crippen LogP contribution is 2.19. The van der Waals surface area contributed by atoms with Gasteiger partial charge in [-0.2, -0.15) is 0 Å². The van der Waals surface area contributed by atoms with Crippen molar-refractivity contribution < 1.29 is 19.8 Å². The quantitative estimate of drug-likeness (QED) is 0.476. The van der Waals surface area contributed by atoms with Gasteiger partial charge in [0.2, 0.25) is 0 Å². The molecular weight excluding hydrogens is 258 g/mol. The minimum atomic E-state index is -1.25. The fraction of sp³-hybridized carbons (Fsp3) is 0.400. The van der Waals surface area contributed by atoms with Gasteiger partial charge >= 0.3 is 11.7 Å². The number of carboxylic acids is 1. The number of rotatable bonds is 2. The van der Waals surface area contributed by atoms with Crippen LogP contribution >= 0.6 is 0 Å². The molecule has 1 aromatic heterocycles. The van der Waals surface area contributed by atoms with Crippen LogP contribution in [0.15, 0.2) is 15.7 Å². The predicted molar refractivity (Wildman–Crippen MR) is 60.8 cm³/mol. The van der Waals surface area contributed by atoms with E-state index in [9.17, 15) is 24.3 Å². The summed E-state index contributed by atoms with van der Waals surface area (Å²) in [6, 6.07) is -0.307. The Morgan fingerprint density at radius 1 is 1.32 bits per heavy atom. The lowest BCUT2D eigenvalue weighted by atomic mass is 10.2. The molecule has 19 heavy (non-hydrogen) atoms. The molecule has 1 aliphatic rings. The standard InChI is InChI=1S/C10H11N3O6/c14-4-1-6(9(17)18)13(3-4)8(16)5-2-7(15)12-10(19)11-5/h2,4,6,14H,1,3H2,(H,17,18)(H2,11,12,15,19). The number of nitrogens with zero attached hydrogens (tertiary/aromatic N) is 1. The molecule has 2 atom stereocenters. The van der Waals surface area contributed by atoms with E-state index in [2.05, 4.69) is 4.98 Å². The largest absolute Gasteiger partial charge is 0.480 e. The number of aromatic nitrogens is 2. The van der Waals surface area contributed by atoms with Crippen molar-refractivity contribution in [3.8, 4) is 0 Å². The van der Waals surface area contributed by atoms with Crippen molar-refractivity contribution in [1.82, 2.24) is 14.9 Å². The van der Waals surface area contributed by atoms with E-state index in [1.807, 2.05) is 4.98 Å². The third kappa shape index (κ3) is 2.55. The first kappa shape index (κ1) is 13.0. The van der Waals surface area contributed by atoms with E-state index in [1.165, 1.54) is 0 Å². The van der Waals surface area contributed by atoms with Crippen LogP contribution in [0.25, 0.3) is 0 Å². The summed E-state index contributed by atoms with van der Waals surface area (Å²) in [6.07, 6.45) is -1.03. The van der Waals surface area contributed by atoms with Crippen LogP contribution in [0.3, 0.4) is 0 Å². The van der Waals surface area contributed by atoms with Crippen molar-refractivity contribution in [2.75, 3.05) is 6.54 Å². The Morgan fingerprint density at radius 3 is 2.58 bits per heavy atom. The van der Waals surface area contributed by atoms with Gasteiger partial charge in [0, 0.05) is 19.0 Å². The van der Waals surface area contributed by atoms with Crippen molar-refractivity contribution in [2.45, 2.75) is 18.6 Å². The van der Waals surface area contributed by atoms with Crippen molar-refractivity contribution >= 4 is 11.9 Å². The number of likely N-dealkylation sites (tertiary alicyclic amines) is 1. The second-order valence-electron chi connectivity index (χ2n) is 4.20. The van der Waals surface area contributed by atoms with Crippen LogP contribution in [0.1, 0.15) is 16.9 Å². The zero-order chi connectivity index (χ0) is 14.2. The summed E-state index contributed by atoms with van der Waals surface area (Å²) < 4.78 is 0. The minimum absolute atomic E-state index is 0.0888. The molecule has 1 amide bonds. The normalized spacial score (nSPS) is 22.5. The predicted octanol–water partition coefficient (Wildman–Crippen LogP) is -2.28. The van der Waals surface area contributed by atoms with Crippen LogP contribution in [0.2, 0.25) is 0 Å². The monoisotopic (exact) mass is 269 g/mol. The molecule has 102 valence electrons. The van der Waals surface area contributed by atoms with E-state index in [0.29, 0.717) is 0 Å². The molecule has 0 saturated carbocycles. The lowest BCUT2D eigenvalue weighted by Gasteiger charge is -2.20. The number of nitrogens with one attached hydrogen (secondary N) is 2. The molecule has 0 radical (unpaired) electrons. The maximum atomic E-state index is 12.0. The Labute approximate surface area is 105 Å². The number of carboxylic acid groups (broad SMARTS) is 1. The molecule has 2 unspecified atom stereocenters. The lowest BCUT2D eigenvalue weighted by molar-refractivity contribution is -0.141. The summed E-state index contributed by atoms with van der Waals surface area (Å²) in [4.78, 5) is 50.1. The Morgan fingerprint density at radius 2 is 2.00 bits per heavy atom. The highest BCUT2D eigenvalue weighted by atomic mass is 16.4. The molecule has 0 bridgehead atoms. The first-order valence-corrected chi connectivity index (χ1v) is 5.44. The molecule has 1 aromatic rings. The van der Waals surface area contributed by atoms with Gasteiger partial charge in [-0.3, -0.25) is 14.6 Å². The Hall–Kier alpha value is -2.42. The third-order valence-corrected chi connectivity index (χ3v) is 2.82. The van der Waals surface area contributed by atoms with Crippen molar-refractivity contribution in [2.24, 2.45) is 0 Å². The number of carbonyl (C=O) groups is 2. The fourth-order valence-electron chi connectivity index (χ4n) is 2.01. The van der Waals surface area contributed by atoms with E-state index >= 15 is 0 Å². The van der Waals surface area contributed by atoms with Gasteiger partial charge in [-0.1, -0.05) is 0 Å². The summed E-state index contributed by atoms with van der Waals surface area (Å²) in [7, 11) is 0. The first-order valence-electron chi connectivity index (χ1n) is 5.44. The molecule has 2 heterocycles. The van der Waals surface area contributed by atoms with Crippen LogP contribution < -0.4 is 11.2 Å². The number of aliphatic hydroxyl groups excluding tert-OH is 1. The molecule has 0 spiro atoms. The number of aliphatic carboxylic acids is 1. The second kappa shape index (κ2) is 4.69. The summed E-state index contributed by atoms with van der Waals surface area (Å²) >= 11 is 0. The summed E-state index contributed by atoms with van der Waals surface area (Å²) in [6.45, 7) is -0.162. The van der Waals surface area contributed by atoms with Gasteiger partial charge in [0.05, 0.1) is 6.10 Å². The lowest BCUT2D eigenvalue weighted by Crippen LogP contribution is -2.42. The molecule has 2 rings (SSSR count). The van der Waals surface area contributed by atoms with E-state index in [1.54, 1.807) is 0 Å². The van der Waals surface area contributed by atoms with Gasteiger partial charge in [0.15, 0.2) is 0 Å². The number of aromatic amines is 2. The molecule has 1 saturated heterocycles. The molecule has 9 nitrogen and oxygen atoms in total. The van der Waals surface area contributed by atoms with Gasteiger partial charge in [-0.15, -0.1) is 0 Å². The third-order valence-electron chi connectivity index (χ3n) is 2.82. The minimum Gasteiger partial charge on any atom is -0.480 e. The van der Waals surface area contributed by atoms with Crippen LogP contribution in [-0.4, -0.2) is 55.6 Å². The Balaban J connectivity index is 2.35. The maximum absolute atomic E-state index is 12.0. The highest BCUT2D eigenvalue weighted by Gasteiger charge is 2.39. The number of carbonyl (C=O) groups excluding carboxylic acids is 1. The number of amides is 1. The first-order chi connectivity index (χ1) is 8.88. The molecule has 9 heteroatoms. The van der Waals surface area contributed by atoms with Crippen LogP contribution in [0.5, 0.6) is 0 Å². The van der Waals surface area contributed by atoms with Gasteiger partial charge in [-0.25, -0.2) is 9.59 Å². The van der Waals surface area contributed by atoms with E-state index in [4.69, 9.17) is 5.11 Å². The number of H-pyrrole nitrogens is 2. The zero-order valence-electron chi connectivity index (χ0n) is 9.62. The fourth-order valence-corrected chi connectivity index (χ4v) is 2.01. The smallest absolute Gasteiger partial charge is 0.326 e. The maximum Gasteiger partial charge on any atom is 0.326 e. The van der Waals surface area contributed by atoms with Crippen molar-refractivity contribution in [1.29, 1.82) is 0 Å². The average molecular weight is 269 g/mol. The van der Waals surface area contributed by atoms with Gasteiger partial charge in [0.25, 0.3) is 11.5 Å². The molecule has 0 aromatic carbocycles. The van der Waals surface area contributed by atoms with E-state index in [0.717, 1.165) is 11.0 Å². The molecule has 1 aliphatic heterocycles. The molecule has 4 N–H and O–H groups in total. The molecular formula is C10H11N3O6. The highest BCUT2D eigenvalue weighted by molar-refractivity contribution is 5.95. The van der Waals surface area contributed by atoms with Gasteiger partial charge in [0.1, 0.15) is 11.7 Å². The number of β-amino-alcohol motifs (C(OH)–C–C–N with tert-alkyl or cyclic N) is 1. The van der Waals surface area contributed by atoms with Gasteiger partial charge < -0.3 is 20.1 Å². The second-order valence-corrected chi connectivity index (χ2v) is 4.20. The van der Waals surface area contributed by atoms with Crippen molar-refractivity contribution in [3.63, 3.8) is 0 Å². The Kier molecular flexibility index (Phi) is 3.21. The van der Waals surface area contributed by atoms with Gasteiger partial charge in [-0.05, 0) is 0 Å². The van der Waals surface area contributed by atoms with Crippen molar-refractivity contribution in [3.05, 3.63) is 32.6 Å². The summed E-state index contributed by atoms with van der Waals surface area (Å²) in [5.74, 6) is -2.07. The van der Waals surface area contributed by atoms with Crippen LogP contribution in [0, 0.1) is 0 Å². The summed E-state index contributed by atoms with van der Waals surface area (Å²) in [5.41, 5.74) is -1.93. The topological polar surface area (TPSA) is 144 Å². The zero-order valence-corrected chi connectivity index (χ0v) is 9.62. The van der Waals surface area contributed by atoms with E-state index in [-0.39, 0.29) is 18.7 Å². The van der Waals surface area contributed by atoms with E-state index < -0.39 is 35.3 Å². The number of aliphatic hydroxyl groups is 1. The molecule has 1 fully saturated rings. The summed E-state index contributed by atoms with van der Waals surface area (Å²) in [5, 5.41) is 18.4. The Bertz CT molecular complexity index is 604. The van der Waals surface area contributed by atoms with Crippen LogP contribution in [0.4, 0.5) is 0 Å².